The molecule has 0 bridgehead atoms. The minimum atomic E-state index is -3.46. The molecule has 2 heterocycles. The number of benzene rings is 2. The first-order valence-electron chi connectivity index (χ1n) is 16.7. The van der Waals surface area contributed by atoms with Crippen molar-refractivity contribution in [2.24, 2.45) is 4.99 Å². The highest BCUT2D eigenvalue weighted by atomic mass is 32.2. The summed E-state index contributed by atoms with van der Waals surface area (Å²) in [5, 5.41) is 9.35. The van der Waals surface area contributed by atoms with Crippen LogP contribution in [0.3, 0.4) is 0 Å². The molecule has 2 aromatic rings. The Bertz CT molecular complexity index is 1590. The van der Waals surface area contributed by atoms with Gasteiger partial charge in [-0.25, -0.2) is 4.99 Å². The summed E-state index contributed by atoms with van der Waals surface area (Å²) >= 11 is 0.499. The summed E-state index contributed by atoms with van der Waals surface area (Å²) in [5.41, 5.74) is -1.10. The molecule has 0 amide bonds. The molecular weight excluding hydrogens is 358 g/mol. The zero-order valence-electron chi connectivity index (χ0n) is 31.7. The van der Waals surface area contributed by atoms with Crippen molar-refractivity contribution in [1.29, 1.82) is 0 Å². The molecule has 2 aromatic carbocycles. The van der Waals surface area contributed by atoms with Gasteiger partial charge < -0.3 is 14.7 Å². The minimum Gasteiger partial charge on any atom is -0.394 e. The standard InChI is InChI=1S/C21H25N3O2S/c25-14-16-26-15-13-23-9-11-24(12-10-23)21-17-5-1-3-7-19(17)27-20-8-4-2-6-18(20)22-21/h1-8,25H,9-16H2/i1D,2D,3D,4D,5D,6D,7D,8D,9D2,11D2,12D2,14D2,16D2. The van der Waals surface area contributed by atoms with E-state index in [1.54, 1.807) is 0 Å². The number of aliphatic imine (C=N–C) groups is 1. The van der Waals surface area contributed by atoms with Gasteiger partial charge in [-0.2, -0.15) is 0 Å². The highest BCUT2D eigenvalue weighted by Gasteiger charge is 2.24. The van der Waals surface area contributed by atoms with Gasteiger partial charge in [0.25, 0.3) is 0 Å². The summed E-state index contributed by atoms with van der Waals surface area (Å²) in [7, 11) is 0. The first kappa shape index (κ1) is 6.88. The number of fused-ring (bicyclic) bond motifs is 2. The zero-order valence-corrected chi connectivity index (χ0v) is 14.5. The van der Waals surface area contributed by atoms with Gasteiger partial charge in [0.1, 0.15) is 5.84 Å². The number of hydrogen-bond donors (Lipinski definition) is 1. The molecule has 4 rings (SSSR count). The van der Waals surface area contributed by atoms with Gasteiger partial charge in [0.15, 0.2) is 0 Å². The molecule has 2 aliphatic rings. The average molecular weight is 402 g/mol. The number of rotatable bonds is 5. The molecule has 5 nitrogen and oxygen atoms in total. The van der Waals surface area contributed by atoms with Crippen molar-refractivity contribution in [3.63, 3.8) is 0 Å². The van der Waals surface area contributed by atoms with Gasteiger partial charge in [-0.05, 0) is 18.1 Å². The lowest BCUT2D eigenvalue weighted by Crippen LogP contribution is -2.49. The van der Waals surface area contributed by atoms with Crippen molar-refractivity contribution in [1.82, 2.24) is 9.80 Å². The first-order valence-corrected chi connectivity index (χ1v) is 8.52. The van der Waals surface area contributed by atoms with E-state index in [9.17, 15) is 5.11 Å². The van der Waals surface area contributed by atoms with Crippen molar-refractivity contribution >= 4 is 23.3 Å². The van der Waals surface area contributed by atoms with E-state index in [4.69, 9.17) is 29.4 Å². The molecule has 0 unspecified atom stereocenters. The van der Waals surface area contributed by atoms with Crippen molar-refractivity contribution in [3.8, 4) is 0 Å². The number of para-hydroxylation sites is 1. The molecule has 0 spiro atoms. The molecule has 0 atom stereocenters. The van der Waals surface area contributed by atoms with E-state index >= 15 is 0 Å². The normalized spacial score (nSPS) is 33.4. The largest absolute Gasteiger partial charge is 0.394 e. The first-order chi connectivity index (χ1) is 20.3. The third-order valence-corrected chi connectivity index (χ3v) is 4.48. The Morgan fingerprint density at radius 2 is 1.96 bits per heavy atom. The van der Waals surface area contributed by atoms with Crippen molar-refractivity contribution < 1.29 is 34.5 Å². The predicted octanol–water partition coefficient (Wildman–Crippen LogP) is 2.86. The van der Waals surface area contributed by atoms with E-state index < -0.39 is 118 Å². The second-order valence-corrected chi connectivity index (χ2v) is 6.14. The second kappa shape index (κ2) is 8.89. The Morgan fingerprint density at radius 3 is 2.85 bits per heavy atom. The van der Waals surface area contributed by atoms with Crippen LogP contribution in [0, 0.1) is 0 Å². The van der Waals surface area contributed by atoms with Gasteiger partial charge in [-0.1, -0.05) is 42.0 Å². The lowest BCUT2D eigenvalue weighted by Gasteiger charge is -2.36. The van der Waals surface area contributed by atoms with Crippen molar-refractivity contribution in [3.05, 3.63) is 53.9 Å². The Morgan fingerprint density at radius 1 is 1.15 bits per heavy atom. The Hall–Kier alpha value is -1.86. The predicted molar refractivity (Wildman–Crippen MR) is 109 cm³/mol. The third-order valence-electron chi connectivity index (χ3n) is 3.47. The fourth-order valence-corrected chi connectivity index (χ4v) is 3.11. The summed E-state index contributed by atoms with van der Waals surface area (Å²) < 4.78 is 153. The van der Waals surface area contributed by atoms with Crippen LogP contribution in [0.5, 0.6) is 0 Å². The summed E-state index contributed by atoms with van der Waals surface area (Å²) in [5.74, 6) is -0.868. The lowest BCUT2D eigenvalue weighted by atomic mass is 10.1. The van der Waals surface area contributed by atoms with E-state index in [0.717, 1.165) is 0 Å². The molecule has 0 radical (unpaired) electrons. The van der Waals surface area contributed by atoms with Crippen LogP contribution in [-0.4, -0.2) is 73.0 Å². The second-order valence-electron chi connectivity index (χ2n) is 5.12. The van der Waals surface area contributed by atoms with Crippen molar-refractivity contribution in [2.75, 3.05) is 52.3 Å². The van der Waals surface area contributed by atoms with Gasteiger partial charge >= 0.3 is 0 Å². The molecule has 0 aliphatic carbocycles. The smallest absolute Gasteiger partial charge is 0.137 e. The topological polar surface area (TPSA) is 48.3 Å². The van der Waals surface area contributed by atoms with Crippen LogP contribution in [0.25, 0.3) is 0 Å². The number of hydrogen-bond acceptors (Lipinski definition) is 6. The van der Waals surface area contributed by atoms with Gasteiger partial charge in [-0.15, -0.1) is 0 Å². The SMILES string of the molecule is [2H]c1c([2H])c([2H])c2c(c1[2H])N=C(N1C([2H])([2H])CN(CCOC([2H])([2H])C([2H])([2H])O)C([2H])([2H])C1([2H])[2H])c1c([2H])c([2H])c([2H])c([2H])c1S2. The summed E-state index contributed by atoms with van der Waals surface area (Å²) in [6.07, 6.45) is 0. The van der Waals surface area contributed by atoms with E-state index in [1.807, 2.05) is 0 Å². The molecule has 6 heteroatoms. The monoisotopic (exact) mass is 401 g/mol. The third kappa shape index (κ3) is 4.35. The molecule has 142 valence electrons. The quantitative estimate of drug-likeness (QED) is 0.835. The van der Waals surface area contributed by atoms with Crippen LogP contribution >= 0.6 is 11.8 Å². The van der Waals surface area contributed by atoms with E-state index in [-0.39, 0.29) is 14.7 Å². The van der Waals surface area contributed by atoms with E-state index in [2.05, 4.69) is 4.99 Å². The molecule has 1 N–H and O–H groups in total. The molecule has 1 saturated heterocycles. The molecule has 2 aliphatic heterocycles. The van der Waals surface area contributed by atoms with Crippen LogP contribution in [0.2, 0.25) is 0 Å². The highest BCUT2D eigenvalue weighted by molar-refractivity contribution is 7.99. The Kier molecular flexibility index (Phi) is 2.26. The van der Waals surface area contributed by atoms with Crippen LogP contribution in [0.4, 0.5) is 5.69 Å². The van der Waals surface area contributed by atoms with Crippen LogP contribution in [-0.2, 0) is 4.74 Å². The van der Waals surface area contributed by atoms with Gasteiger partial charge in [0, 0.05) is 50.7 Å². The fraction of sp³-hybridized carbons (Fsp3) is 0.381. The van der Waals surface area contributed by atoms with Gasteiger partial charge in [-0.3, -0.25) is 4.90 Å². The average Bonchev–Trinajstić information content (AvgIpc) is 3.08. The number of aliphatic hydroxyl groups is 1. The minimum absolute atomic E-state index is 0.222. The Labute approximate surface area is 189 Å². The van der Waals surface area contributed by atoms with Crippen LogP contribution in [0.15, 0.2) is 63.1 Å². The number of nitrogens with zero attached hydrogens (tertiary/aromatic N) is 3. The maximum atomic E-state index is 9.35. The number of piperazine rings is 1. The fourth-order valence-electron chi connectivity index (χ4n) is 2.27. The van der Waals surface area contributed by atoms with E-state index in [0.29, 0.717) is 16.7 Å². The van der Waals surface area contributed by atoms with Crippen molar-refractivity contribution in [2.45, 2.75) is 9.79 Å². The van der Waals surface area contributed by atoms with Crippen LogP contribution < -0.4 is 0 Å². The number of ether oxygens (including phenoxy) is 1. The van der Waals surface area contributed by atoms with Gasteiger partial charge in [0.2, 0.25) is 0 Å². The van der Waals surface area contributed by atoms with Crippen LogP contribution in [0.1, 0.15) is 30.2 Å². The molecule has 27 heavy (non-hydrogen) atoms. The molecule has 1 fully saturated rings. The maximum absolute atomic E-state index is 9.35. The molecule has 0 saturated carbocycles. The lowest BCUT2D eigenvalue weighted by molar-refractivity contribution is 0.0652. The molecular formula is C21H25N3O2S. The summed E-state index contributed by atoms with van der Waals surface area (Å²) in [6.45, 7) is -18.8. The summed E-state index contributed by atoms with van der Waals surface area (Å²) in [6, 6.07) is -5.89. The van der Waals surface area contributed by atoms with E-state index in [1.165, 1.54) is 0 Å². The zero-order chi connectivity index (χ0) is 34.4. The molecule has 0 aromatic heterocycles. The van der Waals surface area contributed by atoms with Gasteiger partial charge in [0.05, 0.1) is 47.3 Å². The summed E-state index contributed by atoms with van der Waals surface area (Å²) in [4.78, 5) is 4.37. The highest BCUT2D eigenvalue weighted by Crippen LogP contribution is 2.40. The maximum Gasteiger partial charge on any atom is 0.137 e. The Balaban J connectivity index is 1.95. The number of amidine groups is 1.